The molecule has 0 bridgehead atoms. The van der Waals surface area contributed by atoms with Crippen molar-refractivity contribution in [1.29, 1.82) is 0 Å². The lowest BCUT2D eigenvalue weighted by Gasteiger charge is -2.32. The molecule has 2 saturated heterocycles. The summed E-state index contributed by atoms with van der Waals surface area (Å²) in [7, 11) is 0. The van der Waals surface area contributed by atoms with Crippen LogP contribution < -0.4 is 5.32 Å². The normalized spacial score (nSPS) is 24.2. The summed E-state index contributed by atoms with van der Waals surface area (Å²) in [5.41, 5.74) is 0. The topological polar surface area (TPSA) is 44.8 Å². The number of nitrogens with zero attached hydrogens (tertiary/aromatic N) is 2. The summed E-state index contributed by atoms with van der Waals surface area (Å²) < 4.78 is 5.63. The maximum Gasteiger partial charge on any atom is 0.240 e. The van der Waals surface area contributed by atoms with Crippen LogP contribution in [-0.2, 0) is 9.53 Å². The van der Waals surface area contributed by atoms with Crippen LogP contribution in [0.2, 0.25) is 0 Å². The molecule has 0 aromatic carbocycles. The van der Waals surface area contributed by atoms with Gasteiger partial charge in [0.15, 0.2) is 0 Å². The number of piperazine rings is 1. The van der Waals surface area contributed by atoms with Crippen LogP contribution in [0.15, 0.2) is 0 Å². The monoisotopic (exact) mass is 283 g/mol. The number of amides is 1. The fraction of sp³-hybridized carbons (Fsp3) is 0.933. The van der Waals surface area contributed by atoms with Gasteiger partial charge in [0.2, 0.25) is 5.91 Å². The molecule has 116 valence electrons. The average Bonchev–Trinajstić information content (AvgIpc) is 2.95. The van der Waals surface area contributed by atoms with Crippen molar-refractivity contribution in [2.75, 3.05) is 52.5 Å². The first kappa shape index (κ1) is 15.7. The number of ether oxygens (including phenoxy) is 1. The van der Waals surface area contributed by atoms with E-state index in [1.807, 2.05) is 4.90 Å². The van der Waals surface area contributed by atoms with Crippen molar-refractivity contribution in [1.82, 2.24) is 15.1 Å². The molecule has 2 heterocycles. The minimum Gasteiger partial charge on any atom is -0.380 e. The molecular weight excluding hydrogens is 254 g/mol. The molecule has 5 heteroatoms. The fourth-order valence-electron chi connectivity index (χ4n) is 3.00. The Bertz CT molecular complexity index is 293. The largest absolute Gasteiger partial charge is 0.380 e. The van der Waals surface area contributed by atoms with E-state index in [1.165, 1.54) is 6.42 Å². The van der Waals surface area contributed by atoms with Crippen LogP contribution in [0.1, 0.15) is 32.6 Å². The van der Waals surface area contributed by atoms with Crippen molar-refractivity contribution in [2.45, 2.75) is 38.6 Å². The minimum absolute atomic E-state index is 0.0999. The Balaban J connectivity index is 1.73. The van der Waals surface area contributed by atoms with E-state index in [-0.39, 0.29) is 6.04 Å². The second-order valence-corrected chi connectivity index (χ2v) is 5.74. The van der Waals surface area contributed by atoms with E-state index in [2.05, 4.69) is 17.1 Å². The van der Waals surface area contributed by atoms with E-state index >= 15 is 0 Å². The molecule has 0 saturated carbocycles. The Morgan fingerprint density at radius 2 is 2.05 bits per heavy atom. The van der Waals surface area contributed by atoms with Crippen LogP contribution in [0.5, 0.6) is 0 Å². The predicted molar refractivity (Wildman–Crippen MR) is 79.8 cm³/mol. The molecular formula is C15H29N3O2. The third-order valence-corrected chi connectivity index (χ3v) is 4.24. The first-order valence-electron chi connectivity index (χ1n) is 8.14. The van der Waals surface area contributed by atoms with Gasteiger partial charge in [-0.3, -0.25) is 9.69 Å². The molecule has 0 radical (unpaired) electrons. The molecule has 0 aromatic heterocycles. The Kier molecular flexibility index (Phi) is 6.76. The van der Waals surface area contributed by atoms with Crippen molar-refractivity contribution < 1.29 is 9.53 Å². The standard InChI is InChI=1S/C15H29N3O2/c1-2-3-12-20-13-11-17-8-4-5-14(17)15(19)18-9-6-16-7-10-18/h14,16H,2-13H2,1H3. The van der Waals surface area contributed by atoms with Gasteiger partial charge in [0.1, 0.15) is 0 Å². The second-order valence-electron chi connectivity index (χ2n) is 5.74. The first-order valence-corrected chi connectivity index (χ1v) is 8.14. The quantitative estimate of drug-likeness (QED) is 0.699. The first-order chi connectivity index (χ1) is 9.83. The van der Waals surface area contributed by atoms with Gasteiger partial charge in [-0.15, -0.1) is 0 Å². The van der Waals surface area contributed by atoms with E-state index in [0.717, 1.165) is 71.7 Å². The van der Waals surface area contributed by atoms with Gasteiger partial charge in [-0.2, -0.15) is 0 Å². The van der Waals surface area contributed by atoms with Crippen LogP contribution in [-0.4, -0.2) is 74.2 Å². The number of likely N-dealkylation sites (tertiary alicyclic amines) is 1. The maximum atomic E-state index is 12.6. The molecule has 1 amide bonds. The number of hydrogen-bond acceptors (Lipinski definition) is 4. The van der Waals surface area contributed by atoms with Crippen molar-refractivity contribution in [3.8, 4) is 0 Å². The summed E-state index contributed by atoms with van der Waals surface area (Å²) >= 11 is 0. The van der Waals surface area contributed by atoms with Gasteiger partial charge in [-0.1, -0.05) is 13.3 Å². The lowest BCUT2D eigenvalue weighted by molar-refractivity contribution is -0.136. The molecule has 2 rings (SSSR count). The Morgan fingerprint density at radius 3 is 2.80 bits per heavy atom. The van der Waals surface area contributed by atoms with Gasteiger partial charge < -0.3 is 15.0 Å². The lowest BCUT2D eigenvalue weighted by Crippen LogP contribution is -2.52. The highest BCUT2D eigenvalue weighted by Crippen LogP contribution is 2.19. The number of nitrogens with one attached hydrogen (secondary N) is 1. The molecule has 0 spiro atoms. The number of carbonyl (C=O) groups is 1. The molecule has 2 fully saturated rings. The van der Waals surface area contributed by atoms with E-state index < -0.39 is 0 Å². The third-order valence-electron chi connectivity index (χ3n) is 4.24. The number of carbonyl (C=O) groups excluding carboxylic acids is 1. The van der Waals surface area contributed by atoms with Gasteiger partial charge >= 0.3 is 0 Å². The molecule has 1 unspecified atom stereocenters. The SMILES string of the molecule is CCCCOCCN1CCCC1C(=O)N1CCNCC1. The highest BCUT2D eigenvalue weighted by Gasteiger charge is 2.33. The van der Waals surface area contributed by atoms with Crippen LogP contribution in [0, 0.1) is 0 Å². The molecule has 0 aliphatic carbocycles. The van der Waals surface area contributed by atoms with Gasteiger partial charge in [-0.05, 0) is 25.8 Å². The Hall–Kier alpha value is -0.650. The van der Waals surface area contributed by atoms with Gasteiger partial charge in [0.25, 0.3) is 0 Å². The Morgan fingerprint density at radius 1 is 1.25 bits per heavy atom. The van der Waals surface area contributed by atoms with Crippen LogP contribution >= 0.6 is 0 Å². The molecule has 1 atom stereocenters. The maximum absolute atomic E-state index is 12.6. The van der Waals surface area contributed by atoms with Gasteiger partial charge in [-0.25, -0.2) is 0 Å². The van der Waals surface area contributed by atoms with Crippen LogP contribution in [0.4, 0.5) is 0 Å². The van der Waals surface area contributed by atoms with E-state index in [4.69, 9.17) is 4.74 Å². The fourth-order valence-corrected chi connectivity index (χ4v) is 3.00. The van der Waals surface area contributed by atoms with Gasteiger partial charge in [0.05, 0.1) is 12.6 Å². The number of rotatable bonds is 7. The highest BCUT2D eigenvalue weighted by atomic mass is 16.5. The summed E-state index contributed by atoms with van der Waals surface area (Å²) in [6.45, 7) is 9.29. The summed E-state index contributed by atoms with van der Waals surface area (Å²) in [5, 5.41) is 3.30. The lowest BCUT2D eigenvalue weighted by atomic mass is 10.1. The molecule has 0 aromatic rings. The highest BCUT2D eigenvalue weighted by molar-refractivity contribution is 5.82. The summed E-state index contributed by atoms with van der Waals surface area (Å²) in [5.74, 6) is 0.331. The predicted octanol–water partition coefficient (Wildman–Crippen LogP) is 0.699. The third kappa shape index (κ3) is 4.43. The van der Waals surface area contributed by atoms with Crippen LogP contribution in [0.25, 0.3) is 0 Å². The van der Waals surface area contributed by atoms with Crippen molar-refractivity contribution in [2.24, 2.45) is 0 Å². The van der Waals surface area contributed by atoms with Crippen molar-refractivity contribution in [3.05, 3.63) is 0 Å². The smallest absolute Gasteiger partial charge is 0.240 e. The number of hydrogen-bond donors (Lipinski definition) is 1. The Labute approximate surface area is 122 Å². The molecule has 1 N–H and O–H groups in total. The zero-order chi connectivity index (χ0) is 14.2. The molecule has 5 nitrogen and oxygen atoms in total. The summed E-state index contributed by atoms with van der Waals surface area (Å²) in [6.07, 6.45) is 4.45. The number of unbranched alkanes of at least 4 members (excludes halogenated alkanes) is 1. The average molecular weight is 283 g/mol. The minimum atomic E-state index is 0.0999. The summed E-state index contributed by atoms with van der Waals surface area (Å²) in [6, 6.07) is 0.0999. The van der Waals surface area contributed by atoms with Crippen molar-refractivity contribution >= 4 is 5.91 Å². The second kappa shape index (κ2) is 8.60. The van der Waals surface area contributed by atoms with E-state index in [1.54, 1.807) is 0 Å². The van der Waals surface area contributed by atoms with E-state index in [9.17, 15) is 4.79 Å². The zero-order valence-corrected chi connectivity index (χ0v) is 12.8. The van der Waals surface area contributed by atoms with Gasteiger partial charge in [0, 0.05) is 39.3 Å². The molecule has 20 heavy (non-hydrogen) atoms. The van der Waals surface area contributed by atoms with Crippen molar-refractivity contribution in [3.63, 3.8) is 0 Å². The summed E-state index contributed by atoms with van der Waals surface area (Å²) in [4.78, 5) is 16.9. The molecule has 2 aliphatic heterocycles. The molecule has 2 aliphatic rings. The van der Waals surface area contributed by atoms with E-state index in [0.29, 0.717) is 5.91 Å². The zero-order valence-electron chi connectivity index (χ0n) is 12.8. The van der Waals surface area contributed by atoms with Crippen LogP contribution in [0.3, 0.4) is 0 Å².